The van der Waals surface area contributed by atoms with Gasteiger partial charge in [-0.15, -0.1) is 0 Å². The summed E-state index contributed by atoms with van der Waals surface area (Å²) in [6.07, 6.45) is 0. The molecule has 2 rings (SSSR count). The number of nitrogens with zero attached hydrogens (tertiary/aromatic N) is 2. The summed E-state index contributed by atoms with van der Waals surface area (Å²) in [5, 5.41) is 12.3. The Morgan fingerprint density at radius 2 is 1.92 bits per heavy atom. The van der Waals surface area contributed by atoms with Gasteiger partial charge >= 0.3 is 0 Å². The van der Waals surface area contributed by atoms with Gasteiger partial charge in [-0.05, 0) is 56.9 Å². The Morgan fingerprint density at radius 3 is 2.46 bits per heavy atom. The quantitative estimate of drug-likeness (QED) is 0.824. The van der Waals surface area contributed by atoms with Gasteiger partial charge in [-0.2, -0.15) is 5.26 Å². The molecule has 124 valence electrons. The molecule has 0 saturated heterocycles. The van der Waals surface area contributed by atoms with Crippen LogP contribution in [-0.4, -0.2) is 31.3 Å². The largest absolute Gasteiger partial charge is 0.382 e. The van der Waals surface area contributed by atoms with Gasteiger partial charge < -0.3 is 10.2 Å². The van der Waals surface area contributed by atoms with E-state index in [1.807, 2.05) is 19.0 Å². The summed E-state index contributed by atoms with van der Waals surface area (Å²) in [6.45, 7) is 2.02. The first-order valence-corrected chi connectivity index (χ1v) is 7.63. The number of Topliss-reactive ketones (excluding diaryl/α,β-unsaturated/α-hetero) is 1. The van der Waals surface area contributed by atoms with Gasteiger partial charge in [0.2, 0.25) is 0 Å². The van der Waals surface area contributed by atoms with Crippen LogP contribution in [0.1, 0.15) is 34.5 Å². The zero-order chi connectivity index (χ0) is 17.7. The van der Waals surface area contributed by atoms with E-state index in [-0.39, 0.29) is 17.6 Å². The molecule has 0 spiro atoms. The number of ketones is 1. The van der Waals surface area contributed by atoms with Gasteiger partial charge in [0, 0.05) is 17.8 Å². The van der Waals surface area contributed by atoms with Crippen molar-refractivity contribution in [2.45, 2.75) is 13.0 Å². The molecule has 2 aromatic carbocycles. The Morgan fingerprint density at radius 1 is 1.25 bits per heavy atom. The first-order valence-electron chi connectivity index (χ1n) is 7.63. The average molecular weight is 325 g/mol. The number of nitriles is 1. The van der Waals surface area contributed by atoms with Crippen molar-refractivity contribution in [2.75, 3.05) is 26.0 Å². The molecule has 2 aromatic rings. The van der Waals surface area contributed by atoms with Gasteiger partial charge in [-0.25, -0.2) is 4.39 Å². The summed E-state index contributed by atoms with van der Waals surface area (Å²) in [6, 6.07) is 13.4. The monoisotopic (exact) mass is 325 g/mol. The number of nitrogens with one attached hydrogen (secondary N) is 1. The van der Waals surface area contributed by atoms with Gasteiger partial charge in [0.15, 0.2) is 5.78 Å². The van der Waals surface area contributed by atoms with E-state index in [1.165, 1.54) is 19.1 Å². The highest BCUT2D eigenvalue weighted by Gasteiger charge is 2.16. The maximum atomic E-state index is 13.1. The molecule has 0 aliphatic heterocycles. The van der Waals surface area contributed by atoms with Gasteiger partial charge in [0.1, 0.15) is 5.82 Å². The van der Waals surface area contributed by atoms with E-state index in [9.17, 15) is 9.18 Å². The average Bonchev–Trinajstić information content (AvgIpc) is 2.56. The number of likely N-dealkylation sites (N-methyl/N-ethyl adjacent to an activating group) is 1. The molecular formula is C19H20FN3O. The van der Waals surface area contributed by atoms with E-state index in [2.05, 4.69) is 11.4 Å². The molecule has 0 radical (unpaired) electrons. The first kappa shape index (κ1) is 17.6. The molecule has 0 aliphatic carbocycles. The predicted octanol–water partition coefficient (Wildman–Crippen LogP) is 3.61. The van der Waals surface area contributed by atoms with Crippen LogP contribution in [0.25, 0.3) is 0 Å². The highest BCUT2D eigenvalue weighted by Crippen LogP contribution is 2.23. The summed E-state index contributed by atoms with van der Waals surface area (Å²) < 4.78 is 13.1. The van der Waals surface area contributed by atoms with E-state index in [4.69, 9.17) is 5.26 Å². The molecule has 0 saturated carbocycles. The minimum Gasteiger partial charge on any atom is -0.382 e. The van der Waals surface area contributed by atoms with Gasteiger partial charge in [-0.1, -0.05) is 12.1 Å². The van der Waals surface area contributed by atoms with Crippen LogP contribution < -0.4 is 5.32 Å². The van der Waals surface area contributed by atoms with Crippen LogP contribution in [0.15, 0.2) is 42.5 Å². The Labute approximate surface area is 141 Å². The topological polar surface area (TPSA) is 56.1 Å². The van der Waals surface area contributed by atoms with Crippen LogP contribution in [0, 0.1) is 17.1 Å². The molecule has 1 N–H and O–H groups in total. The van der Waals surface area contributed by atoms with E-state index in [1.54, 1.807) is 30.3 Å². The van der Waals surface area contributed by atoms with Crippen molar-refractivity contribution in [3.63, 3.8) is 0 Å². The van der Waals surface area contributed by atoms with E-state index >= 15 is 0 Å². The van der Waals surface area contributed by atoms with Crippen LogP contribution >= 0.6 is 0 Å². The molecule has 0 bridgehead atoms. The smallest absolute Gasteiger partial charge is 0.161 e. The molecule has 24 heavy (non-hydrogen) atoms. The Bertz CT molecular complexity index is 763. The second-order valence-electron chi connectivity index (χ2n) is 5.84. The van der Waals surface area contributed by atoms with Crippen LogP contribution in [0.5, 0.6) is 0 Å². The molecule has 1 atom stereocenters. The zero-order valence-corrected chi connectivity index (χ0v) is 14.0. The van der Waals surface area contributed by atoms with Gasteiger partial charge in [0.05, 0.1) is 17.7 Å². The normalized spacial score (nSPS) is 11.8. The van der Waals surface area contributed by atoms with Crippen LogP contribution in [-0.2, 0) is 0 Å². The lowest BCUT2D eigenvalue weighted by Gasteiger charge is -2.26. The van der Waals surface area contributed by atoms with Crippen molar-refractivity contribution in [1.29, 1.82) is 5.26 Å². The van der Waals surface area contributed by atoms with Crippen LogP contribution in [0.4, 0.5) is 10.1 Å². The molecule has 0 fully saturated rings. The fourth-order valence-electron chi connectivity index (χ4n) is 2.56. The second kappa shape index (κ2) is 7.71. The molecule has 1 unspecified atom stereocenters. The number of hydrogen-bond acceptors (Lipinski definition) is 4. The van der Waals surface area contributed by atoms with Crippen molar-refractivity contribution < 1.29 is 9.18 Å². The highest BCUT2D eigenvalue weighted by atomic mass is 19.1. The minimum atomic E-state index is -0.273. The maximum absolute atomic E-state index is 13.1. The summed E-state index contributed by atoms with van der Waals surface area (Å²) in [7, 11) is 3.88. The summed E-state index contributed by atoms with van der Waals surface area (Å²) >= 11 is 0. The number of anilines is 1. The molecule has 0 aromatic heterocycles. The van der Waals surface area contributed by atoms with E-state index in [0.717, 1.165) is 5.56 Å². The Kier molecular flexibility index (Phi) is 5.67. The number of halogens is 1. The highest BCUT2D eigenvalue weighted by molar-refractivity contribution is 5.99. The second-order valence-corrected chi connectivity index (χ2v) is 5.84. The Balaban J connectivity index is 2.25. The molecule has 0 aliphatic rings. The third-order valence-corrected chi connectivity index (χ3v) is 3.89. The fourth-order valence-corrected chi connectivity index (χ4v) is 2.56. The van der Waals surface area contributed by atoms with Gasteiger partial charge in [-0.3, -0.25) is 4.79 Å². The van der Waals surface area contributed by atoms with Gasteiger partial charge in [0.25, 0.3) is 0 Å². The van der Waals surface area contributed by atoms with Crippen molar-refractivity contribution in [3.8, 4) is 6.07 Å². The number of carbonyl (C=O) groups excluding carboxylic acids is 1. The predicted molar refractivity (Wildman–Crippen MR) is 92.5 cm³/mol. The lowest BCUT2D eigenvalue weighted by Crippen LogP contribution is -2.27. The molecule has 0 heterocycles. The number of carbonyl (C=O) groups is 1. The van der Waals surface area contributed by atoms with Crippen molar-refractivity contribution in [2.24, 2.45) is 0 Å². The maximum Gasteiger partial charge on any atom is 0.161 e. The number of hydrogen-bond donors (Lipinski definition) is 1. The molecule has 0 amide bonds. The zero-order valence-electron chi connectivity index (χ0n) is 14.0. The first-order chi connectivity index (χ1) is 11.4. The van der Waals surface area contributed by atoms with E-state index < -0.39 is 0 Å². The third kappa shape index (κ3) is 4.18. The standard InChI is InChI=1S/C19H20FN3O/c1-13(24)17-9-4-14(11-21)10-18(17)22-12-19(23(2)3)15-5-7-16(20)8-6-15/h4-10,19,22H,12H2,1-3H3. The van der Waals surface area contributed by atoms with Crippen molar-refractivity contribution in [3.05, 3.63) is 65.0 Å². The molecule has 4 nitrogen and oxygen atoms in total. The summed E-state index contributed by atoms with van der Waals surface area (Å²) in [4.78, 5) is 13.8. The number of rotatable bonds is 6. The Hall–Kier alpha value is -2.71. The van der Waals surface area contributed by atoms with Crippen LogP contribution in [0.3, 0.4) is 0 Å². The van der Waals surface area contributed by atoms with Crippen LogP contribution in [0.2, 0.25) is 0 Å². The van der Waals surface area contributed by atoms with Crippen molar-refractivity contribution >= 4 is 11.5 Å². The van der Waals surface area contributed by atoms with E-state index in [0.29, 0.717) is 23.4 Å². The molecule has 5 heteroatoms. The SMILES string of the molecule is CC(=O)c1ccc(C#N)cc1NCC(c1ccc(F)cc1)N(C)C. The van der Waals surface area contributed by atoms with Crippen molar-refractivity contribution in [1.82, 2.24) is 4.90 Å². The minimum absolute atomic E-state index is 0.00356. The lowest BCUT2D eigenvalue weighted by molar-refractivity contribution is 0.101. The fraction of sp³-hybridized carbons (Fsp3) is 0.263. The third-order valence-electron chi connectivity index (χ3n) is 3.89. The molecular weight excluding hydrogens is 305 g/mol. The number of benzene rings is 2. The lowest BCUT2D eigenvalue weighted by atomic mass is 10.0. The summed E-state index contributed by atoms with van der Waals surface area (Å²) in [5.74, 6) is -0.338. The summed E-state index contributed by atoms with van der Waals surface area (Å²) in [5.41, 5.74) is 2.64.